The maximum Gasteiger partial charge on any atom is 0.136 e. The van der Waals surface area contributed by atoms with Crippen molar-refractivity contribution in [3.05, 3.63) is 41.3 Å². The Morgan fingerprint density at radius 1 is 1.45 bits per heavy atom. The molecule has 0 aliphatic heterocycles. The highest BCUT2D eigenvalue weighted by Crippen LogP contribution is 2.25. The van der Waals surface area contributed by atoms with Gasteiger partial charge in [-0.2, -0.15) is 5.10 Å². The molecule has 6 heteroatoms. The molecule has 104 valence electrons. The first kappa shape index (κ1) is 13.1. The minimum Gasteiger partial charge on any atom is -0.389 e. The molecule has 1 aliphatic carbocycles. The summed E-state index contributed by atoms with van der Waals surface area (Å²) in [6, 6.07) is 4.00. The van der Waals surface area contributed by atoms with Gasteiger partial charge in [0, 0.05) is 24.6 Å². The zero-order valence-electron chi connectivity index (χ0n) is 11.2. The Labute approximate surface area is 123 Å². The first-order valence-electron chi connectivity index (χ1n) is 6.78. The second-order valence-electron chi connectivity index (χ2n) is 4.90. The number of hydrogen-bond donors (Lipinski definition) is 2. The first-order valence-corrected chi connectivity index (χ1v) is 7.19. The van der Waals surface area contributed by atoms with E-state index < -0.39 is 0 Å². The Bertz CT molecular complexity index is 621. The van der Waals surface area contributed by atoms with E-state index in [0.29, 0.717) is 4.99 Å². The number of thiocarbonyl (C=S) groups is 1. The topological polar surface area (TPSA) is 68.8 Å². The molecule has 3 rings (SSSR count). The van der Waals surface area contributed by atoms with Gasteiger partial charge in [-0.05, 0) is 37.0 Å². The van der Waals surface area contributed by atoms with Crippen LogP contribution in [0.3, 0.4) is 0 Å². The number of pyridine rings is 1. The summed E-state index contributed by atoms with van der Waals surface area (Å²) in [6.45, 7) is 1.52. The fourth-order valence-electron chi connectivity index (χ4n) is 2.52. The fourth-order valence-corrected chi connectivity index (χ4v) is 2.67. The van der Waals surface area contributed by atoms with Gasteiger partial charge in [-0.3, -0.25) is 4.68 Å². The van der Waals surface area contributed by atoms with Crippen LogP contribution in [0.15, 0.2) is 24.5 Å². The fraction of sp³-hybridized carbons (Fsp3) is 0.357. The van der Waals surface area contributed by atoms with Crippen LogP contribution >= 0.6 is 12.2 Å². The van der Waals surface area contributed by atoms with Gasteiger partial charge >= 0.3 is 0 Å². The third-order valence-corrected chi connectivity index (χ3v) is 3.73. The highest BCUT2D eigenvalue weighted by Gasteiger charge is 2.17. The molecular weight excluding hydrogens is 270 g/mol. The molecule has 0 bridgehead atoms. The number of fused-ring (bicyclic) bond motifs is 1. The normalized spacial score (nSPS) is 13.2. The molecule has 0 amide bonds. The highest BCUT2D eigenvalue weighted by atomic mass is 32.1. The van der Waals surface area contributed by atoms with Crippen molar-refractivity contribution in [2.24, 2.45) is 5.73 Å². The van der Waals surface area contributed by atoms with Crippen LogP contribution in [0.5, 0.6) is 0 Å². The molecule has 1 aliphatic rings. The van der Waals surface area contributed by atoms with Crippen LogP contribution in [0.25, 0.3) is 0 Å². The molecular formula is C14H17N5S. The molecule has 0 aromatic carbocycles. The second-order valence-corrected chi connectivity index (χ2v) is 5.34. The molecule has 2 heterocycles. The summed E-state index contributed by atoms with van der Waals surface area (Å²) in [7, 11) is 0. The highest BCUT2D eigenvalue weighted by molar-refractivity contribution is 7.80. The van der Waals surface area contributed by atoms with Crippen molar-refractivity contribution in [1.82, 2.24) is 14.8 Å². The molecule has 2 aromatic rings. The Kier molecular flexibility index (Phi) is 3.64. The Morgan fingerprint density at radius 3 is 3.10 bits per heavy atom. The van der Waals surface area contributed by atoms with Gasteiger partial charge in [0.05, 0.1) is 12.1 Å². The summed E-state index contributed by atoms with van der Waals surface area (Å²) in [4.78, 5) is 5.08. The lowest BCUT2D eigenvalue weighted by Crippen LogP contribution is -2.18. The summed E-state index contributed by atoms with van der Waals surface area (Å²) in [5, 5.41) is 7.49. The molecule has 0 radical (unpaired) electrons. The third kappa shape index (κ3) is 2.65. The van der Waals surface area contributed by atoms with E-state index in [1.54, 1.807) is 6.20 Å². The number of aryl methyl sites for hydroxylation is 2. The number of hydrogen-bond acceptors (Lipinski definition) is 4. The van der Waals surface area contributed by atoms with Gasteiger partial charge in [-0.1, -0.05) is 12.2 Å². The lowest BCUT2D eigenvalue weighted by atomic mass is 10.1. The lowest BCUT2D eigenvalue weighted by Gasteiger charge is -2.12. The molecule has 2 aromatic heterocycles. The van der Waals surface area contributed by atoms with Gasteiger partial charge in [-0.25, -0.2) is 4.98 Å². The number of nitrogens with one attached hydrogen (secondary N) is 1. The summed E-state index contributed by atoms with van der Waals surface area (Å²) < 4.78 is 1.88. The summed E-state index contributed by atoms with van der Waals surface area (Å²) >= 11 is 5.13. The van der Waals surface area contributed by atoms with Gasteiger partial charge in [-0.15, -0.1) is 0 Å². The largest absolute Gasteiger partial charge is 0.389 e. The van der Waals surface area contributed by atoms with Gasteiger partial charge < -0.3 is 11.1 Å². The van der Waals surface area contributed by atoms with Gasteiger partial charge in [0.1, 0.15) is 10.8 Å². The SMILES string of the molecule is NC(=S)c1cc2c(nc1NCCn1cccn1)CCC2. The van der Waals surface area contributed by atoms with Crippen molar-refractivity contribution in [3.63, 3.8) is 0 Å². The van der Waals surface area contributed by atoms with Crippen molar-refractivity contribution in [1.29, 1.82) is 0 Å². The van der Waals surface area contributed by atoms with E-state index >= 15 is 0 Å². The van der Waals surface area contributed by atoms with Crippen molar-refractivity contribution in [2.45, 2.75) is 25.8 Å². The minimum atomic E-state index is 0.397. The summed E-state index contributed by atoms with van der Waals surface area (Å²) in [6.07, 6.45) is 6.99. The number of nitrogens with two attached hydrogens (primary N) is 1. The summed E-state index contributed by atoms with van der Waals surface area (Å²) in [5.74, 6) is 0.797. The zero-order valence-corrected chi connectivity index (χ0v) is 12.0. The predicted octanol–water partition coefficient (Wildman–Crippen LogP) is 1.51. The maximum atomic E-state index is 5.81. The van der Waals surface area contributed by atoms with Gasteiger partial charge in [0.2, 0.25) is 0 Å². The summed E-state index contributed by atoms with van der Waals surface area (Å²) in [5.41, 5.74) is 9.11. The van der Waals surface area contributed by atoms with Crippen LogP contribution in [-0.2, 0) is 19.4 Å². The third-order valence-electron chi connectivity index (χ3n) is 3.51. The van der Waals surface area contributed by atoms with Crippen LogP contribution < -0.4 is 11.1 Å². The minimum absolute atomic E-state index is 0.397. The molecule has 0 saturated carbocycles. The molecule has 0 spiro atoms. The van der Waals surface area contributed by atoms with Gasteiger partial charge in [0.15, 0.2) is 0 Å². The van der Waals surface area contributed by atoms with E-state index in [0.717, 1.165) is 43.7 Å². The Balaban J connectivity index is 1.75. The predicted molar refractivity (Wildman–Crippen MR) is 82.9 cm³/mol. The standard InChI is InChI=1S/C14H17N5S/c15-13(20)11-9-10-3-1-4-12(10)18-14(11)16-6-8-19-7-2-5-17-19/h2,5,7,9H,1,3-4,6,8H2,(H2,15,20)(H,16,18). The molecule has 0 unspecified atom stereocenters. The van der Waals surface area contributed by atoms with Crippen molar-refractivity contribution in [3.8, 4) is 0 Å². The van der Waals surface area contributed by atoms with E-state index in [4.69, 9.17) is 18.0 Å². The van der Waals surface area contributed by atoms with E-state index in [-0.39, 0.29) is 0 Å². The van der Waals surface area contributed by atoms with Crippen molar-refractivity contribution in [2.75, 3.05) is 11.9 Å². The number of anilines is 1. The molecule has 20 heavy (non-hydrogen) atoms. The number of aromatic nitrogens is 3. The molecule has 3 N–H and O–H groups in total. The smallest absolute Gasteiger partial charge is 0.136 e. The van der Waals surface area contributed by atoms with E-state index in [9.17, 15) is 0 Å². The van der Waals surface area contributed by atoms with E-state index in [2.05, 4.69) is 21.5 Å². The monoisotopic (exact) mass is 287 g/mol. The number of nitrogens with zero attached hydrogens (tertiary/aromatic N) is 3. The molecule has 5 nitrogen and oxygen atoms in total. The van der Waals surface area contributed by atoms with Crippen LogP contribution in [0.4, 0.5) is 5.82 Å². The quantitative estimate of drug-likeness (QED) is 0.816. The molecule has 0 atom stereocenters. The van der Waals surface area contributed by atoms with Crippen LogP contribution in [0.1, 0.15) is 23.2 Å². The number of rotatable bonds is 5. The molecule has 0 saturated heterocycles. The zero-order chi connectivity index (χ0) is 13.9. The van der Waals surface area contributed by atoms with Crippen LogP contribution in [0.2, 0.25) is 0 Å². The average molecular weight is 287 g/mol. The molecule has 0 fully saturated rings. The maximum absolute atomic E-state index is 5.81. The van der Waals surface area contributed by atoms with Gasteiger partial charge in [0.25, 0.3) is 0 Å². The van der Waals surface area contributed by atoms with E-state index in [1.165, 1.54) is 11.3 Å². The average Bonchev–Trinajstić information content (AvgIpc) is 3.07. The first-order chi connectivity index (χ1) is 9.74. The lowest BCUT2D eigenvalue weighted by molar-refractivity contribution is 0.637. The Morgan fingerprint density at radius 2 is 2.35 bits per heavy atom. The van der Waals surface area contributed by atoms with Crippen LogP contribution in [-0.4, -0.2) is 26.3 Å². The van der Waals surface area contributed by atoms with E-state index in [1.807, 2.05) is 16.9 Å². The second kappa shape index (κ2) is 5.58. The van der Waals surface area contributed by atoms with Crippen molar-refractivity contribution < 1.29 is 0 Å². The Hall–Kier alpha value is -1.95. The van der Waals surface area contributed by atoms with Crippen LogP contribution in [0, 0.1) is 0 Å². The van der Waals surface area contributed by atoms with Crippen molar-refractivity contribution >= 4 is 23.0 Å².